The zero-order chi connectivity index (χ0) is 10.2. The molecule has 0 radical (unpaired) electrons. The third-order valence-electron chi connectivity index (χ3n) is 1.84. The topological polar surface area (TPSA) is 69.9 Å². The summed E-state index contributed by atoms with van der Waals surface area (Å²) in [7, 11) is 0. The molecular weight excluding hydrogens is 193 g/mol. The zero-order valence-electron chi connectivity index (χ0n) is 6.35. The molecule has 1 aliphatic heterocycles. The van der Waals surface area contributed by atoms with Crippen molar-refractivity contribution in [1.29, 1.82) is 0 Å². The number of halogens is 3. The molecule has 13 heavy (non-hydrogen) atoms. The van der Waals surface area contributed by atoms with Gasteiger partial charge in [0.2, 0.25) is 6.36 Å². The van der Waals surface area contributed by atoms with Gasteiger partial charge < -0.3 is 20.1 Å². The molecule has 0 aromatic carbocycles. The van der Waals surface area contributed by atoms with Crippen LogP contribution in [0.15, 0.2) is 0 Å². The monoisotopic (exact) mass is 202 g/mol. The van der Waals surface area contributed by atoms with Crippen LogP contribution in [0.25, 0.3) is 0 Å². The molecule has 0 bridgehead atoms. The highest BCUT2D eigenvalue weighted by Gasteiger charge is 2.47. The van der Waals surface area contributed by atoms with Gasteiger partial charge in [0.1, 0.15) is 18.3 Å². The Morgan fingerprint density at radius 2 is 1.54 bits per heavy atom. The van der Waals surface area contributed by atoms with Crippen LogP contribution in [0, 0.1) is 0 Å². The fourth-order valence-electron chi connectivity index (χ4n) is 1.07. The molecule has 7 heteroatoms. The predicted molar refractivity (Wildman–Crippen MR) is 33.8 cm³/mol. The molecule has 1 heterocycles. The van der Waals surface area contributed by atoms with E-state index >= 15 is 0 Å². The molecule has 0 aliphatic carbocycles. The Morgan fingerprint density at radius 1 is 1.00 bits per heavy atom. The molecule has 0 amide bonds. The lowest BCUT2D eigenvalue weighted by atomic mass is 10.00. The number of ether oxygens (including phenoxy) is 1. The van der Waals surface area contributed by atoms with Gasteiger partial charge in [-0.15, -0.1) is 0 Å². The molecule has 0 aromatic rings. The maximum Gasteiger partial charge on any atom is 0.267 e. The molecule has 0 spiro atoms. The minimum Gasteiger partial charge on any atom is -0.387 e. The smallest absolute Gasteiger partial charge is 0.267 e. The van der Waals surface area contributed by atoms with Crippen LogP contribution in [0.3, 0.4) is 0 Å². The average Bonchev–Trinajstić information content (AvgIpc) is 2.07. The largest absolute Gasteiger partial charge is 0.387 e. The summed E-state index contributed by atoms with van der Waals surface area (Å²) in [5.74, 6) is 0. The number of aliphatic hydroxyl groups is 3. The molecule has 1 aliphatic rings. The standard InChI is InChI=1S/C6H9F3O4/c7-5(8)4-2(11)1(10)3(12)6(9)13-4/h1-6,10-12H/t1-,2-,3+,4-,6-/m0/s1. The SMILES string of the molecule is O[C@@H]1[C@@H](O)[C@@H](F)O[C@H](C(F)F)[C@H]1O. The second-order valence-corrected chi connectivity index (χ2v) is 2.76. The summed E-state index contributed by atoms with van der Waals surface area (Å²) >= 11 is 0. The van der Waals surface area contributed by atoms with Crippen LogP contribution in [-0.2, 0) is 4.74 Å². The van der Waals surface area contributed by atoms with E-state index in [1.54, 1.807) is 0 Å². The molecule has 1 saturated heterocycles. The Hall–Kier alpha value is -0.370. The molecule has 0 saturated carbocycles. The van der Waals surface area contributed by atoms with Gasteiger partial charge in [-0.3, -0.25) is 0 Å². The van der Waals surface area contributed by atoms with Gasteiger partial charge >= 0.3 is 0 Å². The van der Waals surface area contributed by atoms with Crippen LogP contribution >= 0.6 is 0 Å². The minimum absolute atomic E-state index is 1.96. The molecule has 0 unspecified atom stereocenters. The molecule has 3 N–H and O–H groups in total. The first-order valence-corrected chi connectivity index (χ1v) is 3.57. The lowest BCUT2D eigenvalue weighted by Gasteiger charge is -2.36. The van der Waals surface area contributed by atoms with E-state index in [1.807, 2.05) is 0 Å². The maximum atomic E-state index is 12.5. The number of hydrogen-bond donors (Lipinski definition) is 3. The lowest BCUT2D eigenvalue weighted by molar-refractivity contribution is -0.279. The van der Waals surface area contributed by atoms with Crippen LogP contribution in [0.5, 0.6) is 0 Å². The summed E-state index contributed by atoms with van der Waals surface area (Å²) in [5, 5.41) is 26.6. The van der Waals surface area contributed by atoms with Gasteiger partial charge in [0.15, 0.2) is 6.10 Å². The summed E-state index contributed by atoms with van der Waals surface area (Å²) in [4.78, 5) is 0. The van der Waals surface area contributed by atoms with E-state index in [9.17, 15) is 13.2 Å². The highest BCUT2D eigenvalue weighted by Crippen LogP contribution is 2.25. The van der Waals surface area contributed by atoms with E-state index in [1.165, 1.54) is 0 Å². The highest BCUT2D eigenvalue weighted by atomic mass is 19.3. The van der Waals surface area contributed by atoms with Crippen molar-refractivity contribution < 1.29 is 33.2 Å². The van der Waals surface area contributed by atoms with Gasteiger partial charge in [-0.25, -0.2) is 13.2 Å². The second kappa shape index (κ2) is 3.79. The van der Waals surface area contributed by atoms with Crippen LogP contribution in [0.1, 0.15) is 0 Å². The van der Waals surface area contributed by atoms with Gasteiger partial charge in [-0.2, -0.15) is 0 Å². The second-order valence-electron chi connectivity index (χ2n) is 2.76. The zero-order valence-corrected chi connectivity index (χ0v) is 6.35. The van der Waals surface area contributed by atoms with E-state index < -0.39 is 37.2 Å². The molecule has 0 aromatic heterocycles. The first-order chi connectivity index (χ1) is 5.95. The van der Waals surface area contributed by atoms with Crippen molar-refractivity contribution in [1.82, 2.24) is 0 Å². The number of hydrogen-bond acceptors (Lipinski definition) is 4. The third-order valence-corrected chi connectivity index (χ3v) is 1.84. The Kier molecular flexibility index (Phi) is 3.12. The van der Waals surface area contributed by atoms with E-state index in [4.69, 9.17) is 15.3 Å². The van der Waals surface area contributed by atoms with E-state index in [0.29, 0.717) is 0 Å². The van der Waals surface area contributed by atoms with Gasteiger partial charge in [0.25, 0.3) is 6.43 Å². The van der Waals surface area contributed by atoms with Gasteiger partial charge in [0.05, 0.1) is 0 Å². The Labute approximate surface area is 71.6 Å². The predicted octanol–water partition coefficient (Wildman–Crippen LogP) is -0.971. The summed E-state index contributed by atoms with van der Waals surface area (Å²) < 4.78 is 40.5. The van der Waals surface area contributed by atoms with Gasteiger partial charge in [-0.1, -0.05) is 0 Å². The van der Waals surface area contributed by atoms with Crippen molar-refractivity contribution in [2.75, 3.05) is 0 Å². The molecule has 78 valence electrons. The van der Waals surface area contributed by atoms with Gasteiger partial charge in [0, 0.05) is 0 Å². The lowest BCUT2D eigenvalue weighted by Crippen LogP contribution is -2.58. The van der Waals surface area contributed by atoms with E-state index in [-0.39, 0.29) is 0 Å². The average molecular weight is 202 g/mol. The van der Waals surface area contributed by atoms with Crippen molar-refractivity contribution in [3.05, 3.63) is 0 Å². The first kappa shape index (κ1) is 10.7. The first-order valence-electron chi connectivity index (χ1n) is 3.57. The number of alkyl halides is 3. The van der Waals surface area contributed by atoms with Crippen LogP contribution in [0.2, 0.25) is 0 Å². The van der Waals surface area contributed by atoms with Crippen molar-refractivity contribution in [3.63, 3.8) is 0 Å². The number of aliphatic hydroxyl groups excluding tert-OH is 3. The summed E-state index contributed by atoms with van der Waals surface area (Å²) in [6.45, 7) is 0. The van der Waals surface area contributed by atoms with Gasteiger partial charge in [-0.05, 0) is 0 Å². The molecule has 5 atom stereocenters. The molecule has 1 rings (SSSR count). The quantitative estimate of drug-likeness (QED) is 0.511. The summed E-state index contributed by atoms with van der Waals surface area (Å²) in [6.07, 6.45) is -13.6. The van der Waals surface area contributed by atoms with Crippen molar-refractivity contribution >= 4 is 0 Å². The Morgan fingerprint density at radius 3 is 2.00 bits per heavy atom. The van der Waals surface area contributed by atoms with Crippen LogP contribution in [-0.4, -0.2) is 52.5 Å². The van der Waals surface area contributed by atoms with Crippen molar-refractivity contribution in [2.24, 2.45) is 0 Å². The third kappa shape index (κ3) is 1.93. The fraction of sp³-hybridized carbons (Fsp3) is 1.00. The normalized spacial score (nSPS) is 46.8. The molecule has 4 nitrogen and oxygen atoms in total. The van der Waals surface area contributed by atoms with Crippen molar-refractivity contribution in [2.45, 2.75) is 37.2 Å². The maximum absolute atomic E-state index is 12.5. The summed E-state index contributed by atoms with van der Waals surface area (Å²) in [6, 6.07) is 0. The van der Waals surface area contributed by atoms with E-state index in [2.05, 4.69) is 4.74 Å². The minimum atomic E-state index is -3.12. The number of rotatable bonds is 1. The highest BCUT2D eigenvalue weighted by molar-refractivity contribution is 4.89. The molecule has 1 fully saturated rings. The molecular formula is C6H9F3O4. The fourth-order valence-corrected chi connectivity index (χ4v) is 1.07. The Balaban J connectivity index is 2.70. The van der Waals surface area contributed by atoms with Crippen LogP contribution in [0.4, 0.5) is 13.2 Å². The Bertz CT molecular complexity index is 179. The van der Waals surface area contributed by atoms with Crippen molar-refractivity contribution in [3.8, 4) is 0 Å². The summed E-state index contributed by atoms with van der Waals surface area (Å²) in [5.41, 5.74) is 0. The van der Waals surface area contributed by atoms with Crippen LogP contribution < -0.4 is 0 Å². The van der Waals surface area contributed by atoms with E-state index in [0.717, 1.165) is 0 Å².